The van der Waals surface area contributed by atoms with Crippen molar-refractivity contribution in [3.05, 3.63) is 0 Å². The lowest BCUT2D eigenvalue weighted by Gasteiger charge is -2.21. The summed E-state index contributed by atoms with van der Waals surface area (Å²) in [6.45, 7) is 5.52. The van der Waals surface area contributed by atoms with Crippen molar-refractivity contribution in [1.82, 2.24) is 5.32 Å². The van der Waals surface area contributed by atoms with E-state index in [9.17, 15) is 0 Å². The van der Waals surface area contributed by atoms with Gasteiger partial charge in [-0.3, -0.25) is 0 Å². The van der Waals surface area contributed by atoms with Gasteiger partial charge in [-0.25, -0.2) is 0 Å². The molecule has 2 rings (SSSR count). The fourth-order valence-electron chi connectivity index (χ4n) is 1.89. The van der Waals surface area contributed by atoms with Crippen LogP contribution in [0.2, 0.25) is 0 Å². The van der Waals surface area contributed by atoms with Crippen molar-refractivity contribution in [2.75, 3.05) is 19.7 Å². The van der Waals surface area contributed by atoms with Gasteiger partial charge in [-0.1, -0.05) is 6.92 Å². The highest BCUT2D eigenvalue weighted by Gasteiger charge is 2.52. The first-order chi connectivity index (χ1) is 5.33. The smallest absolute Gasteiger partial charge is 0.0836 e. The molecule has 1 aliphatic carbocycles. The molecule has 1 spiro atoms. The van der Waals surface area contributed by atoms with Crippen LogP contribution in [0.4, 0.5) is 0 Å². The Morgan fingerprint density at radius 1 is 1.45 bits per heavy atom. The number of hydrogen-bond donors (Lipinski definition) is 1. The van der Waals surface area contributed by atoms with E-state index in [1.54, 1.807) is 0 Å². The third-order valence-electron chi connectivity index (χ3n) is 2.95. The minimum Gasteiger partial charge on any atom is -0.373 e. The van der Waals surface area contributed by atoms with Crippen molar-refractivity contribution < 1.29 is 4.74 Å². The van der Waals surface area contributed by atoms with Crippen LogP contribution in [-0.2, 0) is 4.74 Å². The number of rotatable bonds is 0. The zero-order valence-corrected chi connectivity index (χ0v) is 7.23. The minimum absolute atomic E-state index is 0.250. The summed E-state index contributed by atoms with van der Waals surface area (Å²) >= 11 is 0. The fourth-order valence-corrected chi connectivity index (χ4v) is 1.89. The molecule has 2 aliphatic rings. The zero-order valence-electron chi connectivity index (χ0n) is 7.23. The highest BCUT2D eigenvalue weighted by Crippen LogP contribution is 2.46. The summed E-state index contributed by atoms with van der Waals surface area (Å²) in [7, 11) is 0. The summed E-state index contributed by atoms with van der Waals surface area (Å²) in [6.07, 6.45) is 3.76. The molecule has 1 aliphatic heterocycles. The molecule has 1 saturated heterocycles. The van der Waals surface area contributed by atoms with Crippen molar-refractivity contribution in [3.63, 3.8) is 0 Å². The van der Waals surface area contributed by atoms with E-state index < -0.39 is 0 Å². The molecule has 2 unspecified atom stereocenters. The van der Waals surface area contributed by atoms with Crippen LogP contribution in [-0.4, -0.2) is 25.3 Å². The molecule has 2 heteroatoms. The van der Waals surface area contributed by atoms with Gasteiger partial charge in [-0.2, -0.15) is 0 Å². The van der Waals surface area contributed by atoms with Crippen LogP contribution >= 0.6 is 0 Å². The summed E-state index contributed by atoms with van der Waals surface area (Å²) in [5.74, 6) is 0.785. The molecule has 0 aromatic carbocycles. The lowest BCUT2D eigenvalue weighted by Crippen LogP contribution is -2.35. The van der Waals surface area contributed by atoms with Crippen molar-refractivity contribution in [2.45, 2.75) is 31.8 Å². The normalized spacial score (nSPS) is 45.0. The molecule has 1 saturated carbocycles. The van der Waals surface area contributed by atoms with E-state index in [4.69, 9.17) is 4.74 Å². The van der Waals surface area contributed by atoms with E-state index in [1.165, 1.54) is 25.8 Å². The van der Waals surface area contributed by atoms with Crippen LogP contribution in [0, 0.1) is 5.92 Å². The Morgan fingerprint density at radius 3 is 3.00 bits per heavy atom. The van der Waals surface area contributed by atoms with E-state index >= 15 is 0 Å². The van der Waals surface area contributed by atoms with Crippen molar-refractivity contribution in [2.24, 2.45) is 5.92 Å². The summed E-state index contributed by atoms with van der Waals surface area (Å²) in [5, 5.41) is 3.45. The van der Waals surface area contributed by atoms with Gasteiger partial charge in [0.1, 0.15) is 0 Å². The molecular formula is C9H17NO. The fraction of sp³-hybridized carbons (Fsp3) is 1.00. The number of hydrogen-bond acceptors (Lipinski definition) is 2. The van der Waals surface area contributed by atoms with Gasteiger partial charge >= 0.3 is 0 Å². The molecule has 2 atom stereocenters. The Bertz CT molecular complexity index is 138. The summed E-state index contributed by atoms with van der Waals surface area (Å²) in [4.78, 5) is 0. The predicted molar refractivity (Wildman–Crippen MR) is 44.6 cm³/mol. The average molecular weight is 155 g/mol. The van der Waals surface area contributed by atoms with Gasteiger partial charge in [0.05, 0.1) is 5.60 Å². The largest absolute Gasteiger partial charge is 0.373 e. The van der Waals surface area contributed by atoms with E-state index in [0.29, 0.717) is 0 Å². The Hall–Kier alpha value is -0.0800. The zero-order chi connectivity index (χ0) is 7.73. The van der Waals surface area contributed by atoms with E-state index in [0.717, 1.165) is 19.1 Å². The van der Waals surface area contributed by atoms with Crippen LogP contribution in [0.25, 0.3) is 0 Å². The van der Waals surface area contributed by atoms with E-state index in [1.807, 2.05) is 0 Å². The molecule has 1 N–H and O–H groups in total. The second-order valence-electron chi connectivity index (χ2n) is 3.90. The van der Waals surface area contributed by atoms with Crippen molar-refractivity contribution in [1.29, 1.82) is 0 Å². The number of ether oxygens (including phenoxy) is 1. The predicted octanol–water partition coefficient (Wildman–Crippen LogP) is 1.17. The first-order valence-electron chi connectivity index (χ1n) is 4.68. The Kier molecular flexibility index (Phi) is 1.90. The third kappa shape index (κ3) is 1.42. The SMILES string of the molecule is CC1CC12CNCCCCO2. The molecule has 64 valence electrons. The van der Waals surface area contributed by atoms with Gasteiger partial charge in [-0.15, -0.1) is 0 Å². The quantitative estimate of drug-likeness (QED) is 0.567. The number of nitrogens with one attached hydrogen (secondary N) is 1. The maximum absolute atomic E-state index is 5.83. The van der Waals surface area contributed by atoms with Crippen LogP contribution in [0.3, 0.4) is 0 Å². The van der Waals surface area contributed by atoms with Crippen molar-refractivity contribution in [3.8, 4) is 0 Å². The maximum Gasteiger partial charge on any atom is 0.0836 e. The summed E-state index contributed by atoms with van der Waals surface area (Å²) < 4.78 is 5.83. The van der Waals surface area contributed by atoms with Gasteiger partial charge in [-0.05, 0) is 31.7 Å². The molecular weight excluding hydrogens is 138 g/mol. The first kappa shape index (κ1) is 7.56. The second kappa shape index (κ2) is 2.76. The minimum atomic E-state index is 0.250. The molecule has 2 nitrogen and oxygen atoms in total. The summed E-state index contributed by atoms with van der Waals surface area (Å²) in [5.41, 5.74) is 0.250. The Balaban J connectivity index is 1.89. The van der Waals surface area contributed by atoms with Gasteiger partial charge in [0.2, 0.25) is 0 Å². The van der Waals surface area contributed by atoms with Gasteiger partial charge in [0.25, 0.3) is 0 Å². The molecule has 11 heavy (non-hydrogen) atoms. The highest BCUT2D eigenvalue weighted by molar-refractivity contribution is 5.04. The monoisotopic (exact) mass is 155 g/mol. The van der Waals surface area contributed by atoms with Crippen LogP contribution in [0.5, 0.6) is 0 Å². The topological polar surface area (TPSA) is 21.3 Å². The molecule has 0 bridgehead atoms. The lowest BCUT2D eigenvalue weighted by atomic mass is 10.2. The van der Waals surface area contributed by atoms with Crippen molar-refractivity contribution >= 4 is 0 Å². The van der Waals surface area contributed by atoms with Crippen LogP contribution in [0.15, 0.2) is 0 Å². The molecule has 0 radical (unpaired) electrons. The van der Waals surface area contributed by atoms with Gasteiger partial charge in [0.15, 0.2) is 0 Å². The van der Waals surface area contributed by atoms with E-state index in [-0.39, 0.29) is 5.60 Å². The van der Waals surface area contributed by atoms with Crippen LogP contribution in [0.1, 0.15) is 26.2 Å². The molecule has 0 aromatic rings. The molecule has 0 amide bonds. The highest BCUT2D eigenvalue weighted by atomic mass is 16.5. The van der Waals surface area contributed by atoms with Gasteiger partial charge in [0, 0.05) is 13.2 Å². The standard InChI is InChI=1S/C9H17NO/c1-8-6-9(8)7-10-4-2-3-5-11-9/h8,10H,2-7H2,1H3. The Morgan fingerprint density at radius 2 is 2.27 bits per heavy atom. The summed E-state index contributed by atoms with van der Waals surface area (Å²) in [6, 6.07) is 0. The molecule has 0 aromatic heterocycles. The average Bonchev–Trinajstić information content (AvgIpc) is 2.55. The molecule has 1 heterocycles. The van der Waals surface area contributed by atoms with E-state index in [2.05, 4.69) is 12.2 Å². The van der Waals surface area contributed by atoms with Crippen LogP contribution < -0.4 is 5.32 Å². The maximum atomic E-state index is 5.83. The van der Waals surface area contributed by atoms with Gasteiger partial charge < -0.3 is 10.1 Å². The Labute approximate surface area is 68.3 Å². The third-order valence-corrected chi connectivity index (χ3v) is 2.95. The second-order valence-corrected chi connectivity index (χ2v) is 3.90. The first-order valence-corrected chi connectivity index (χ1v) is 4.68. The molecule has 2 fully saturated rings. The lowest BCUT2D eigenvalue weighted by molar-refractivity contribution is 0.0139.